The van der Waals surface area contributed by atoms with Crippen molar-refractivity contribution in [3.63, 3.8) is 0 Å². The lowest BCUT2D eigenvalue weighted by Gasteiger charge is -2.43. The second-order valence-corrected chi connectivity index (χ2v) is 7.31. The highest BCUT2D eigenvalue weighted by atomic mass is 16.7. The summed E-state index contributed by atoms with van der Waals surface area (Å²) in [5.41, 5.74) is 1.28. The molecule has 0 aromatic heterocycles. The van der Waals surface area contributed by atoms with Gasteiger partial charge in [-0.3, -0.25) is 0 Å². The topological polar surface area (TPSA) is 30.5 Å². The second kappa shape index (κ2) is 5.47. The summed E-state index contributed by atoms with van der Waals surface area (Å²) in [4.78, 5) is 0. The quantitative estimate of drug-likeness (QED) is 0.571. The van der Waals surface area contributed by atoms with E-state index in [1.165, 1.54) is 5.56 Å². The Morgan fingerprint density at radius 1 is 1.15 bits per heavy atom. The minimum absolute atomic E-state index is 0.0861. The van der Waals surface area contributed by atoms with Crippen LogP contribution in [-0.2, 0) is 6.42 Å². The lowest BCUT2D eigenvalue weighted by Crippen LogP contribution is -2.60. The third-order valence-corrected chi connectivity index (χ3v) is 4.46. The Hall–Kier alpha value is -0.895. The summed E-state index contributed by atoms with van der Waals surface area (Å²) in [5.74, 6) is 1.72. The lowest BCUT2D eigenvalue weighted by atomic mass is 9.26. The van der Waals surface area contributed by atoms with Crippen molar-refractivity contribution in [2.24, 2.45) is 0 Å². The summed E-state index contributed by atoms with van der Waals surface area (Å²) in [6.45, 7) is 2.57. The molecular formula is C12H22B5NO2. The number of hydrogen-bond donors (Lipinski definition) is 1. The molecule has 3 nitrogen and oxygen atoms in total. The molecule has 1 N–H and O–H groups in total. The Balaban J connectivity index is 2.00. The van der Waals surface area contributed by atoms with E-state index in [4.69, 9.17) is 9.47 Å². The molecule has 0 radical (unpaired) electrons. The molecular weight excluding hydrogens is 244 g/mol. The minimum Gasteiger partial charge on any atom is -0.454 e. The van der Waals surface area contributed by atoms with Gasteiger partial charge in [0.05, 0.1) is 23.5 Å². The zero-order valence-electron chi connectivity index (χ0n) is 13.5. The van der Waals surface area contributed by atoms with Gasteiger partial charge >= 0.3 is 0 Å². The Bertz CT molecular complexity index is 489. The van der Waals surface area contributed by atoms with Gasteiger partial charge in [0, 0.05) is 6.04 Å². The van der Waals surface area contributed by atoms with Crippen molar-refractivity contribution in [1.29, 1.82) is 0 Å². The van der Waals surface area contributed by atoms with Gasteiger partial charge in [-0.05, 0) is 31.0 Å². The first-order valence-electron chi connectivity index (χ1n) is 7.35. The smallest absolute Gasteiger partial charge is 0.231 e. The van der Waals surface area contributed by atoms with Crippen molar-refractivity contribution in [3.8, 4) is 11.5 Å². The highest BCUT2D eigenvalue weighted by Gasteiger charge is 2.32. The van der Waals surface area contributed by atoms with Crippen LogP contribution in [-0.4, -0.2) is 57.4 Å². The SMILES string of the molecule is BC(B)(B)C(B)(B)N[C@@H](C)Cc1ccc2c(c1)OCO2. The standard InChI is InChI=1S/C12H22B5NO2/c1-7(18-12(16,17)11(13,14)15)4-8-2-3-9-10(5-8)20-6-19-9/h2-3,5,7,18H,4,6,13-17H2,1H3/t7-/m0/s1. The van der Waals surface area contributed by atoms with Gasteiger partial charge in [0.15, 0.2) is 11.5 Å². The van der Waals surface area contributed by atoms with Gasteiger partial charge in [-0.1, -0.05) is 11.4 Å². The molecule has 0 fully saturated rings. The molecule has 0 saturated heterocycles. The van der Waals surface area contributed by atoms with Gasteiger partial charge in [0.1, 0.15) is 15.7 Å². The molecule has 0 unspecified atom stereocenters. The second-order valence-electron chi connectivity index (χ2n) is 7.31. The molecule has 0 saturated carbocycles. The first-order chi connectivity index (χ1) is 9.19. The van der Waals surface area contributed by atoms with Crippen molar-refractivity contribution < 1.29 is 9.47 Å². The van der Waals surface area contributed by atoms with Crippen molar-refractivity contribution in [3.05, 3.63) is 23.8 Å². The Morgan fingerprint density at radius 2 is 1.80 bits per heavy atom. The Morgan fingerprint density at radius 3 is 2.45 bits per heavy atom. The molecule has 2 rings (SSSR count). The Labute approximate surface area is 126 Å². The largest absolute Gasteiger partial charge is 0.454 e. The van der Waals surface area contributed by atoms with Crippen LogP contribution in [0.5, 0.6) is 11.5 Å². The highest BCUT2D eigenvalue weighted by molar-refractivity contribution is 6.67. The number of rotatable bonds is 5. The van der Waals surface area contributed by atoms with E-state index in [1.807, 2.05) is 6.07 Å². The van der Waals surface area contributed by atoms with Gasteiger partial charge in [0.25, 0.3) is 0 Å². The fourth-order valence-electron chi connectivity index (χ4n) is 2.31. The fourth-order valence-corrected chi connectivity index (χ4v) is 2.31. The first kappa shape index (κ1) is 15.5. The highest BCUT2D eigenvalue weighted by Crippen LogP contribution is 2.33. The predicted molar refractivity (Wildman–Crippen MR) is 97.0 cm³/mol. The van der Waals surface area contributed by atoms with Gasteiger partial charge in [-0.15, -0.1) is 5.11 Å². The molecule has 0 amide bonds. The molecule has 8 heteroatoms. The average molecular weight is 266 g/mol. The van der Waals surface area contributed by atoms with E-state index in [2.05, 4.69) is 63.6 Å². The minimum atomic E-state index is 0.0861. The number of ether oxygens (including phenoxy) is 2. The first-order valence-corrected chi connectivity index (χ1v) is 7.35. The van der Waals surface area contributed by atoms with Crippen LogP contribution in [0.15, 0.2) is 18.2 Å². The Kier molecular flexibility index (Phi) is 4.24. The number of benzene rings is 1. The van der Waals surface area contributed by atoms with E-state index >= 15 is 0 Å². The third kappa shape index (κ3) is 3.40. The molecule has 20 heavy (non-hydrogen) atoms. The zero-order chi connectivity index (χ0) is 15.0. The van der Waals surface area contributed by atoms with Gasteiger partial charge < -0.3 is 14.8 Å². The van der Waals surface area contributed by atoms with Crippen LogP contribution in [0.4, 0.5) is 0 Å². The zero-order valence-corrected chi connectivity index (χ0v) is 13.5. The van der Waals surface area contributed by atoms with Crippen LogP contribution >= 0.6 is 0 Å². The van der Waals surface area contributed by atoms with Crippen LogP contribution < -0.4 is 14.8 Å². The molecule has 1 aliphatic rings. The monoisotopic (exact) mass is 267 g/mol. The molecule has 0 spiro atoms. The summed E-state index contributed by atoms with van der Waals surface area (Å²) >= 11 is 0. The predicted octanol–water partition coefficient (Wildman–Crippen LogP) is -3.17. The summed E-state index contributed by atoms with van der Waals surface area (Å²) in [5, 5.41) is 4.04. The summed E-state index contributed by atoms with van der Waals surface area (Å²) in [6, 6.07) is 6.62. The van der Waals surface area contributed by atoms with Crippen LogP contribution in [0, 0.1) is 0 Å². The summed E-state index contributed by atoms with van der Waals surface area (Å²) in [6.07, 6.45) is 0.982. The van der Waals surface area contributed by atoms with Gasteiger partial charge in [-0.25, -0.2) is 0 Å². The summed E-state index contributed by atoms with van der Waals surface area (Å²) in [7, 11) is 11.3. The van der Waals surface area contributed by atoms with E-state index in [0.717, 1.165) is 17.9 Å². The van der Waals surface area contributed by atoms with E-state index in [9.17, 15) is 0 Å². The molecule has 1 atom stereocenters. The van der Waals surface area contributed by atoms with Crippen molar-refractivity contribution >= 4 is 39.2 Å². The van der Waals surface area contributed by atoms with Gasteiger partial charge in [-0.2, -0.15) is 0 Å². The maximum atomic E-state index is 5.43. The summed E-state index contributed by atoms with van der Waals surface area (Å²) < 4.78 is 10.8. The van der Waals surface area contributed by atoms with E-state index in [1.54, 1.807) is 0 Å². The molecule has 0 bridgehead atoms. The molecule has 1 aliphatic heterocycles. The van der Waals surface area contributed by atoms with Crippen molar-refractivity contribution in [2.45, 2.75) is 29.8 Å². The van der Waals surface area contributed by atoms with E-state index in [0.29, 0.717) is 12.8 Å². The molecule has 1 aromatic carbocycles. The number of nitrogens with one attached hydrogen (secondary N) is 1. The van der Waals surface area contributed by atoms with E-state index in [-0.39, 0.29) is 10.5 Å². The molecule has 1 heterocycles. The lowest BCUT2D eigenvalue weighted by molar-refractivity contribution is 0.174. The normalized spacial score (nSPS) is 16.1. The van der Waals surface area contributed by atoms with E-state index < -0.39 is 0 Å². The van der Waals surface area contributed by atoms with Crippen LogP contribution in [0.25, 0.3) is 0 Å². The average Bonchev–Trinajstić information content (AvgIpc) is 2.73. The van der Waals surface area contributed by atoms with Crippen LogP contribution in [0.2, 0.25) is 5.11 Å². The van der Waals surface area contributed by atoms with Crippen molar-refractivity contribution in [2.75, 3.05) is 6.79 Å². The van der Waals surface area contributed by atoms with Gasteiger partial charge in [0.2, 0.25) is 6.79 Å². The molecule has 0 aliphatic carbocycles. The molecule has 102 valence electrons. The van der Waals surface area contributed by atoms with Crippen molar-refractivity contribution in [1.82, 2.24) is 5.32 Å². The number of hydrogen-bond acceptors (Lipinski definition) is 3. The maximum absolute atomic E-state index is 5.43. The fraction of sp³-hybridized carbons (Fsp3) is 0.500. The van der Waals surface area contributed by atoms with Crippen LogP contribution in [0.3, 0.4) is 0 Å². The maximum Gasteiger partial charge on any atom is 0.231 e. The van der Waals surface area contributed by atoms with Crippen LogP contribution in [0.1, 0.15) is 12.5 Å². The number of fused-ring (bicyclic) bond motifs is 1. The third-order valence-electron chi connectivity index (χ3n) is 4.46. The molecule has 1 aromatic rings.